The molecular formula is C22H19N3O4. The minimum atomic E-state index is -0.990. The molecule has 0 saturated carbocycles. The Bertz CT molecular complexity index is 1320. The summed E-state index contributed by atoms with van der Waals surface area (Å²) >= 11 is 0. The number of hydrogen-bond donors (Lipinski definition) is 4. The molecule has 0 atom stereocenters. The Morgan fingerprint density at radius 2 is 1.93 bits per heavy atom. The molecule has 29 heavy (non-hydrogen) atoms. The lowest BCUT2D eigenvalue weighted by atomic mass is 10.1. The highest BCUT2D eigenvalue weighted by Gasteiger charge is 2.15. The molecule has 7 heteroatoms. The number of carbonyl (C=O) groups excluding carboxylic acids is 1. The number of aryl methyl sites for hydroxylation is 1. The van der Waals surface area contributed by atoms with Gasteiger partial charge in [0.05, 0.1) is 12.8 Å². The number of benzene rings is 2. The van der Waals surface area contributed by atoms with Gasteiger partial charge in [0, 0.05) is 28.2 Å². The van der Waals surface area contributed by atoms with E-state index in [1.54, 1.807) is 18.2 Å². The quantitative estimate of drug-likeness (QED) is 0.420. The van der Waals surface area contributed by atoms with Crippen molar-refractivity contribution in [3.05, 3.63) is 75.7 Å². The maximum absolute atomic E-state index is 12.4. The van der Waals surface area contributed by atoms with Crippen molar-refractivity contribution in [2.24, 2.45) is 0 Å². The van der Waals surface area contributed by atoms with E-state index in [4.69, 9.17) is 0 Å². The van der Waals surface area contributed by atoms with E-state index in [1.165, 1.54) is 6.20 Å². The number of rotatable bonds is 5. The number of carboxylic acids is 1. The largest absolute Gasteiger partial charge is 0.481 e. The van der Waals surface area contributed by atoms with E-state index in [2.05, 4.69) is 15.3 Å². The zero-order valence-electron chi connectivity index (χ0n) is 15.7. The minimum Gasteiger partial charge on any atom is -0.481 e. The molecule has 1 amide bonds. The molecule has 4 N–H and O–H groups in total. The fourth-order valence-corrected chi connectivity index (χ4v) is 3.59. The molecule has 0 aliphatic heterocycles. The van der Waals surface area contributed by atoms with Crippen molar-refractivity contribution >= 4 is 39.4 Å². The number of nitrogens with one attached hydrogen (secondary N) is 3. The fourth-order valence-electron chi connectivity index (χ4n) is 3.59. The molecule has 0 fully saturated rings. The third kappa shape index (κ3) is 3.75. The summed E-state index contributed by atoms with van der Waals surface area (Å²) in [5.41, 5.74) is 3.79. The normalized spacial score (nSPS) is 11.1. The van der Waals surface area contributed by atoms with Crippen molar-refractivity contribution in [1.29, 1.82) is 0 Å². The lowest BCUT2D eigenvalue weighted by Crippen LogP contribution is -2.14. The van der Waals surface area contributed by atoms with Crippen LogP contribution in [0.1, 0.15) is 16.7 Å². The van der Waals surface area contributed by atoms with Crippen LogP contribution in [0.4, 0.5) is 5.69 Å². The molecule has 0 unspecified atom stereocenters. The van der Waals surface area contributed by atoms with Gasteiger partial charge in [0.15, 0.2) is 0 Å². The third-order valence-electron chi connectivity index (χ3n) is 4.80. The van der Waals surface area contributed by atoms with Gasteiger partial charge >= 0.3 is 5.97 Å². The second kappa shape index (κ2) is 7.27. The number of hydrogen-bond acceptors (Lipinski definition) is 3. The molecule has 0 bridgehead atoms. The van der Waals surface area contributed by atoms with Crippen LogP contribution in [0.3, 0.4) is 0 Å². The Hall–Kier alpha value is -3.87. The average molecular weight is 389 g/mol. The van der Waals surface area contributed by atoms with Gasteiger partial charge in [0.2, 0.25) is 5.91 Å². The number of pyridine rings is 1. The van der Waals surface area contributed by atoms with Gasteiger partial charge in [-0.2, -0.15) is 0 Å². The number of H-pyrrole nitrogens is 2. The molecule has 0 radical (unpaired) electrons. The second-order valence-electron chi connectivity index (χ2n) is 7.06. The zero-order valence-corrected chi connectivity index (χ0v) is 15.7. The SMILES string of the molecule is Cc1cccc(CC(=O)Nc2ccc3[nH]c4c(=O)[nH]cc(CC(=O)O)c4c3c2)c1. The molecule has 4 aromatic rings. The van der Waals surface area contributed by atoms with Crippen molar-refractivity contribution in [2.75, 3.05) is 5.32 Å². The lowest BCUT2D eigenvalue weighted by Gasteiger charge is -2.07. The Kier molecular flexibility index (Phi) is 4.64. The highest BCUT2D eigenvalue weighted by atomic mass is 16.4. The second-order valence-corrected chi connectivity index (χ2v) is 7.06. The maximum atomic E-state index is 12.4. The molecule has 2 heterocycles. The molecule has 0 saturated heterocycles. The van der Waals surface area contributed by atoms with E-state index < -0.39 is 5.97 Å². The van der Waals surface area contributed by atoms with Crippen LogP contribution in [0.2, 0.25) is 0 Å². The van der Waals surface area contributed by atoms with Crippen LogP contribution in [-0.4, -0.2) is 27.0 Å². The summed E-state index contributed by atoms with van der Waals surface area (Å²) < 4.78 is 0. The van der Waals surface area contributed by atoms with E-state index >= 15 is 0 Å². The van der Waals surface area contributed by atoms with E-state index in [0.29, 0.717) is 33.1 Å². The summed E-state index contributed by atoms with van der Waals surface area (Å²) in [7, 11) is 0. The first-order valence-corrected chi connectivity index (χ1v) is 9.14. The maximum Gasteiger partial charge on any atom is 0.307 e. The number of carbonyl (C=O) groups is 2. The van der Waals surface area contributed by atoms with Gasteiger partial charge < -0.3 is 20.4 Å². The van der Waals surface area contributed by atoms with Gasteiger partial charge in [0.25, 0.3) is 5.56 Å². The number of anilines is 1. The van der Waals surface area contributed by atoms with Crippen molar-refractivity contribution in [1.82, 2.24) is 9.97 Å². The van der Waals surface area contributed by atoms with Crippen LogP contribution in [0, 0.1) is 6.92 Å². The highest BCUT2D eigenvalue weighted by Crippen LogP contribution is 2.29. The van der Waals surface area contributed by atoms with Crippen molar-refractivity contribution in [3.63, 3.8) is 0 Å². The van der Waals surface area contributed by atoms with Crippen LogP contribution in [0.5, 0.6) is 0 Å². The number of aromatic amines is 2. The molecule has 0 aliphatic carbocycles. The van der Waals surface area contributed by atoms with Gasteiger partial charge in [-0.3, -0.25) is 14.4 Å². The van der Waals surface area contributed by atoms with Gasteiger partial charge in [-0.1, -0.05) is 29.8 Å². The Balaban J connectivity index is 1.70. The number of aliphatic carboxylic acids is 1. The molecule has 0 aliphatic rings. The standard InChI is InChI=1S/C22H19N3O4/c1-12-3-2-4-13(7-12)8-18(26)24-15-5-6-17-16(10-15)20-14(9-19(27)28)11-23-22(29)21(20)25-17/h2-7,10-11,25H,8-9H2,1H3,(H,23,29)(H,24,26)(H,27,28). The predicted octanol–water partition coefficient (Wildman–Crippen LogP) is 3.13. The first kappa shape index (κ1) is 18.5. The molecule has 146 valence electrons. The Labute approximate surface area is 165 Å². The van der Waals surface area contributed by atoms with Crippen LogP contribution in [0.25, 0.3) is 21.8 Å². The first-order valence-electron chi connectivity index (χ1n) is 9.14. The molecule has 0 spiro atoms. The average Bonchev–Trinajstić information content (AvgIpc) is 3.04. The minimum absolute atomic E-state index is 0.154. The van der Waals surface area contributed by atoms with Gasteiger partial charge in [0.1, 0.15) is 5.52 Å². The van der Waals surface area contributed by atoms with Gasteiger partial charge in [-0.25, -0.2) is 0 Å². The van der Waals surface area contributed by atoms with E-state index in [1.807, 2.05) is 31.2 Å². The summed E-state index contributed by atoms with van der Waals surface area (Å²) in [6.45, 7) is 1.97. The molecular weight excluding hydrogens is 370 g/mol. The van der Waals surface area contributed by atoms with Crippen LogP contribution in [0.15, 0.2) is 53.5 Å². The van der Waals surface area contributed by atoms with Crippen LogP contribution >= 0.6 is 0 Å². The summed E-state index contributed by atoms with van der Waals surface area (Å²) in [5, 5.41) is 13.3. The summed E-state index contributed by atoms with van der Waals surface area (Å²) in [6.07, 6.45) is 1.46. The third-order valence-corrected chi connectivity index (χ3v) is 4.80. The fraction of sp³-hybridized carbons (Fsp3) is 0.136. The molecule has 2 aromatic heterocycles. The summed E-state index contributed by atoms with van der Waals surface area (Å²) in [4.78, 5) is 41.4. The number of carboxylic acid groups (broad SMARTS) is 1. The molecule has 2 aromatic carbocycles. The number of aromatic nitrogens is 2. The van der Waals surface area contributed by atoms with Crippen molar-refractivity contribution in [2.45, 2.75) is 19.8 Å². The first-order chi connectivity index (χ1) is 13.9. The van der Waals surface area contributed by atoms with Gasteiger partial charge in [-0.05, 0) is 36.2 Å². The number of fused-ring (bicyclic) bond motifs is 3. The monoisotopic (exact) mass is 389 g/mol. The van der Waals surface area contributed by atoms with E-state index in [-0.39, 0.29) is 24.3 Å². The topological polar surface area (TPSA) is 115 Å². The Morgan fingerprint density at radius 3 is 2.69 bits per heavy atom. The molecule has 4 rings (SSSR count). The lowest BCUT2D eigenvalue weighted by molar-refractivity contribution is -0.136. The Morgan fingerprint density at radius 1 is 1.10 bits per heavy atom. The van der Waals surface area contributed by atoms with Crippen LogP contribution < -0.4 is 10.9 Å². The summed E-state index contributed by atoms with van der Waals surface area (Å²) in [5.74, 6) is -1.14. The smallest absolute Gasteiger partial charge is 0.307 e. The molecule has 7 nitrogen and oxygen atoms in total. The predicted molar refractivity (Wildman–Crippen MR) is 111 cm³/mol. The van der Waals surface area contributed by atoms with E-state index in [0.717, 1.165) is 11.1 Å². The summed E-state index contributed by atoms with van der Waals surface area (Å²) in [6, 6.07) is 13.0. The van der Waals surface area contributed by atoms with Crippen LogP contribution in [-0.2, 0) is 22.4 Å². The zero-order chi connectivity index (χ0) is 20.5. The van der Waals surface area contributed by atoms with E-state index in [9.17, 15) is 19.5 Å². The van der Waals surface area contributed by atoms with Gasteiger partial charge in [-0.15, -0.1) is 0 Å². The number of amides is 1. The van der Waals surface area contributed by atoms with Crippen molar-refractivity contribution in [3.8, 4) is 0 Å². The van der Waals surface area contributed by atoms with Crippen molar-refractivity contribution < 1.29 is 14.7 Å². The highest BCUT2D eigenvalue weighted by molar-refractivity contribution is 6.10.